The summed E-state index contributed by atoms with van der Waals surface area (Å²) in [6.45, 7) is 0. The van der Waals surface area contributed by atoms with Gasteiger partial charge in [0.25, 0.3) is 0 Å². The van der Waals surface area contributed by atoms with Crippen molar-refractivity contribution in [2.75, 3.05) is 4.90 Å². The van der Waals surface area contributed by atoms with Gasteiger partial charge in [-0.15, -0.1) is 0 Å². The van der Waals surface area contributed by atoms with E-state index in [-0.39, 0.29) is 0 Å². The van der Waals surface area contributed by atoms with E-state index >= 15 is 0 Å². The minimum Gasteiger partial charge on any atom is -0.455 e. The van der Waals surface area contributed by atoms with Gasteiger partial charge in [0, 0.05) is 39.0 Å². The first-order chi connectivity index (χ1) is 32.2. The van der Waals surface area contributed by atoms with Gasteiger partial charge in [0.15, 0.2) is 0 Å². The zero-order chi connectivity index (χ0) is 42.9. The lowest BCUT2D eigenvalue weighted by Crippen LogP contribution is -2.32. The summed E-state index contributed by atoms with van der Waals surface area (Å²) < 4.78 is 7.20. The van der Waals surface area contributed by atoms with E-state index in [9.17, 15) is 0 Å². The molecule has 0 aromatic heterocycles. The summed E-state index contributed by atoms with van der Waals surface area (Å²) >= 11 is 0. The van der Waals surface area contributed by atoms with Gasteiger partial charge in [0.05, 0.1) is 5.41 Å². The summed E-state index contributed by atoms with van der Waals surface area (Å²) in [7, 11) is 0. The summed E-state index contributed by atoms with van der Waals surface area (Å²) in [6.07, 6.45) is 0. The molecule has 11 aromatic rings. The van der Waals surface area contributed by atoms with Gasteiger partial charge in [-0.1, -0.05) is 206 Å². The average molecular weight is 828 g/mol. The van der Waals surface area contributed by atoms with Gasteiger partial charge < -0.3 is 9.64 Å². The lowest BCUT2D eigenvalue weighted by atomic mass is 9.65. The second-order valence-electron chi connectivity index (χ2n) is 17.2. The van der Waals surface area contributed by atoms with Gasteiger partial charge >= 0.3 is 0 Å². The Hall–Kier alpha value is -8.46. The van der Waals surface area contributed by atoms with Crippen LogP contribution in [-0.4, -0.2) is 0 Å². The zero-order valence-corrected chi connectivity index (χ0v) is 35.5. The van der Waals surface area contributed by atoms with Crippen molar-refractivity contribution >= 4 is 38.6 Å². The summed E-state index contributed by atoms with van der Waals surface area (Å²) in [6, 6.07) is 90.6. The van der Waals surface area contributed by atoms with Gasteiger partial charge in [-0.25, -0.2) is 0 Å². The van der Waals surface area contributed by atoms with E-state index in [0.29, 0.717) is 0 Å². The smallest absolute Gasteiger partial charge is 0.140 e. The molecule has 11 aromatic carbocycles. The van der Waals surface area contributed by atoms with Gasteiger partial charge in [-0.3, -0.25) is 0 Å². The second kappa shape index (κ2) is 14.8. The molecule has 304 valence electrons. The Labute approximate surface area is 378 Å². The number of anilines is 3. The van der Waals surface area contributed by atoms with Crippen LogP contribution in [0.25, 0.3) is 66.1 Å². The van der Waals surface area contributed by atoms with Crippen molar-refractivity contribution in [3.05, 3.63) is 271 Å². The highest BCUT2D eigenvalue weighted by Gasteiger charge is 2.52. The molecule has 1 aliphatic carbocycles. The minimum absolute atomic E-state index is 0.608. The van der Waals surface area contributed by atoms with Crippen LogP contribution in [0.1, 0.15) is 22.3 Å². The van der Waals surface area contributed by atoms with Crippen LogP contribution in [0.4, 0.5) is 17.1 Å². The fraction of sp³-hybridized carbons (Fsp3) is 0.0159. The highest BCUT2D eigenvalue weighted by atomic mass is 16.5. The highest BCUT2D eigenvalue weighted by molar-refractivity contribution is 6.02. The monoisotopic (exact) mass is 827 g/mol. The number of fused-ring (bicyclic) bond motifs is 13. The van der Waals surface area contributed by atoms with Crippen LogP contribution in [0.15, 0.2) is 249 Å². The lowest BCUT2D eigenvalue weighted by Gasteiger charge is -2.40. The number of rotatable bonds is 6. The fourth-order valence-corrected chi connectivity index (χ4v) is 10.8. The maximum atomic E-state index is 7.20. The zero-order valence-electron chi connectivity index (χ0n) is 35.5. The molecule has 0 N–H and O–H groups in total. The summed E-state index contributed by atoms with van der Waals surface area (Å²) in [5.74, 6) is 1.86. The molecule has 0 bridgehead atoms. The topological polar surface area (TPSA) is 12.5 Å². The molecule has 2 heteroatoms. The number of ether oxygens (including phenoxy) is 1. The van der Waals surface area contributed by atoms with E-state index in [2.05, 4.69) is 254 Å². The molecule has 0 saturated carbocycles. The molecule has 0 amide bonds. The van der Waals surface area contributed by atoms with E-state index in [0.717, 1.165) is 55.7 Å². The van der Waals surface area contributed by atoms with Gasteiger partial charge in [0.2, 0.25) is 0 Å². The Morgan fingerprint density at radius 2 is 0.785 bits per heavy atom. The lowest BCUT2D eigenvalue weighted by molar-refractivity contribution is 0.447. The quantitative estimate of drug-likeness (QED) is 0.166. The van der Waals surface area contributed by atoms with Crippen molar-refractivity contribution in [3.8, 4) is 56.0 Å². The van der Waals surface area contributed by atoms with Gasteiger partial charge in [-0.2, -0.15) is 0 Å². The van der Waals surface area contributed by atoms with E-state index in [4.69, 9.17) is 4.74 Å². The molecule has 0 unspecified atom stereocenters. The molecule has 1 spiro atoms. The van der Waals surface area contributed by atoms with Crippen molar-refractivity contribution in [2.45, 2.75) is 5.41 Å². The molecule has 13 rings (SSSR count). The number of hydrogen-bond donors (Lipinski definition) is 0. The minimum atomic E-state index is -0.608. The normalized spacial score (nSPS) is 12.9. The van der Waals surface area contributed by atoms with Crippen molar-refractivity contribution in [2.24, 2.45) is 0 Å². The summed E-state index contributed by atoms with van der Waals surface area (Å²) in [5, 5.41) is 4.57. The Morgan fingerprint density at radius 1 is 0.292 bits per heavy atom. The molecular formula is C63H41NO. The molecule has 65 heavy (non-hydrogen) atoms. The van der Waals surface area contributed by atoms with Crippen molar-refractivity contribution < 1.29 is 4.74 Å². The van der Waals surface area contributed by atoms with Crippen molar-refractivity contribution in [3.63, 3.8) is 0 Å². The molecule has 0 saturated heterocycles. The first-order valence-corrected chi connectivity index (χ1v) is 22.4. The van der Waals surface area contributed by atoms with Crippen LogP contribution in [0.5, 0.6) is 11.5 Å². The number of nitrogens with zero attached hydrogens (tertiary/aromatic N) is 1. The molecule has 0 radical (unpaired) electrons. The maximum absolute atomic E-state index is 7.20. The SMILES string of the molecule is c1ccc(-c2cc(-c3ccccc3)cc(N(c3ccccc3)c3ccc(-c4cccc5c4-c4ccccc4C54c5ccc6ccccc6c5Oc5c4ccc4ccccc54)cc3)c2)cc1. The summed E-state index contributed by atoms with van der Waals surface area (Å²) in [5.41, 5.74) is 17.1. The van der Waals surface area contributed by atoms with E-state index in [1.54, 1.807) is 0 Å². The molecule has 1 heterocycles. The van der Waals surface area contributed by atoms with Gasteiger partial charge in [0.1, 0.15) is 11.5 Å². The molecule has 1 aliphatic heterocycles. The van der Waals surface area contributed by atoms with Crippen LogP contribution >= 0.6 is 0 Å². The van der Waals surface area contributed by atoms with Crippen LogP contribution in [-0.2, 0) is 5.41 Å². The number of para-hydroxylation sites is 1. The van der Waals surface area contributed by atoms with Crippen LogP contribution in [0.3, 0.4) is 0 Å². The van der Waals surface area contributed by atoms with Crippen LogP contribution < -0.4 is 9.64 Å². The predicted octanol–water partition coefficient (Wildman–Crippen LogP) is 16.9. The Bertz CT molecular complexity index is 3470. The third-order valence-electron chi connectivity index (χ3n) is 13.7. The Kier molecular flexibility index (Phi) is 8.47. The molecule has 0 atom stereocenters. The van der Waals surface area contributed by atoms with E-state index < -0.39 is 5.41 Å². The maximum Gasteiger partial charge on any atom is 0.140 e. The third kappa shape index (κ3) is 5.74. The Morgan fingerprint density at radius 3 is 1.40 bits per heavy atom. The molecular weight excluding hydrogens is 787 g/mol. The average Bonchev–Trinajstić information content (AvgIpc) is 3.68. The van der Waals surface area contributed by atoms with E-state index in [1.165, 1.54) is 61.2 Å². The third-order valence-corrected chi connectivity index (χ3v) is 13.7. The fourth-order valence-electron chi connectivity index (χ4n) is 10.8. The highest BCUT2D eigenvalue weighted by Crippen LogP contribution is 2.65. The molecule has 2 aliphatic rings. The van der Waals surface area contributed by atoms with E-state index in [1.807, 2.05) is 0 Å². The predicted molar refractivity (Wildman–Crippen MR) is 270 cm³/mol. The number of hydrogen-bond acceptors (Lipinski definition) is 2. The van der Waals surface area contributed by atoms with Crippen molar-refractivity contribution in [1.82, 2.24) is 0 Å². The molecule has 2 nitrogen and oxygen atoms in total. The first kappa shape index (κ1) is 37.1. The standard InChI is InChI=1S/C63H41NO/c1-4-17-42(18-5-1)47-39-48(43-19-6-2-7-20-43)41-51(40-47)64(49-23-8-3-9-24-49)50-35-31-46(32-36-50)52-28-16-30-57-60(52)55-27-14-15-29-56(55)63(57)58-37-33-44-21-10-12-25-53(44)61(58)65-62-54-26-13-11-22-45(54)34-38-59(62)63/h1-41H. The Balaban J connectivity index is 1.01. The van der Waals surface area contributed by atoms with Crippen molar-refractivity contribution in [1.29, 1.82) is 0 Å². The largest absolute Gasteiger partial charge is 0.455 e. The molecule has 0 fully saturated rings. The van der Waals surface area contributed by atoms with Crippen LogP contribution in [0, 0.1) is 0 Å². The second-order valence-corrected chi connectivity index (χ2v) is 17.2. The first-order valence-electron chi connectivity index (χ1n) is 22.4. The summed E-state index contributed by atoms with van der Waals surface area (Å²) in [4.78, 5) is 2.38. The number of benzene rings is 11. The van der Waals surface area contributed by atoms with Gasteiger partial charge in [-0.05, 0) is 109 Å². The van der Waals surface area contributed by atoms with Crippen LogP contribution in [0.2, 0.25) is 0 Å².